The summed E-state index contributed by atoms with van der Waals surface area (Å²) in [6, 6.07) is 16.7. The van der Waals surface area contributed by atoms with E-state index < -0.39 is 0 Å². The fourth-order valence-electron chi connectivity index (χ4n) is 4.68. The molecular formula is C26H31ClN4O. The molecule has 1 saturated heterocycles. The number of hydrogen-bond acceptors (Lipinski definition) is 4. The lowest BCUT2D eigenvalue weighted by Crippen LogP contribution is -2.48. The highest BCUT2D eigenvalue weighted by molar-refractivity contribution is 6.31. The Morgan fingerprint density at radius 3 is 2.22 bits per heavy atom. The number of anilines is 2. The highest BCUT2D eigenvalue weighted by Gasteiger charge is 2.24. The summed E-state index contributed by atoms with van der Waals surface area (Å²) >= 11 is 6.13. The minimum atomic E-state index is 0.100. The average Bonchev–Trinajstić information content (AvgIpc) is 2.78. The van der Waals surface area contributed by atoms with Crippen molar-refractivity contribution in [1.29, 1.82) is 0 Å². The van der Waals surface area contributed by atoms with Gasteiger partial charge in [-0.3, -0.25) is 9.78 Å². The summed E-state index contributed by atoms with van der Waals surface area (Å²) in [5.41, 5.74) is 3.94. The summed E-state index contributed by atoms with van der Waals surface area (Å²) in [5, 5.41) is 1.78. The maximum absolute atomic E-state index is 13.1. The number of carbonyl (C=O) groups is 1. The predicted octanol–water partition coefficient (Wildman–Crippen LogP) is 5.47. The van der Waals surface area contributed by atoms with Gasteiger partial charge < -0.3 is 14.7 Å². The lowest BCUT2D eigenvalue weighted by atomic mass is 10.1. The fourth-order valence-corrected chi connectivity index (χ4v) is 4.85. The quantitative estimate of drug-likeness (QED) is 0.516. The molecule has 1 aliphatic rings. The van der Waals surface area contributed by atoms with Crippen LogP contribution in [0.2, 0.25) is 5.02 Å². The number of fused-ring (bicyclic) bond motifs is 1. The van der Waals surface area contributed by atoms with E-state index in [1.165, 1.54) is 0 Å². The number of aromatic nitrogens is 1. The SMILES string of the molecule is CC(C)N(c1ccc(C(=O)N2CCN(c3ccnc4cc(Cl)ccc34)CC2)cc1)C(C)C. The van der Waals surface area contributed by atoms with Crippen LogP contribution >= 0.6 is 11.6 Å². The molecule has 32 heavy (non-hydrogen) atoms. The van der Waals surface area contributed by atoms with Gasteiger partial charge in [-0.15, -0.1) is 0 Å². The highest BCUT2D eigenvalue weighted by atomic mass is 35.5. The number of piperazine rings is 1. The Labute approximate surface area is 195 Å². The molecule has 3 aromatic rings. The molecule has 4 rings (SSSR count). The van der Waals surface area contributed by atoms with Crippen molar-refractivity contribution in [1.82, 2.24) is 9.88 Å². The first-order valence-corrected chi connectivity index (χ1v) is 11.7. The molecule has 0 bridgehead atoms. The summed E-state index contributed by atoms with van der Waals surface area (Å²) in [5.74, 6) is 0.100. The Morgan fingerprint density at radius 2 is 1.59 bits per heavy atom. The smallest absolute Gasteiger partial charge is 0.253 e. The number of pyridine rings is 1. The molecule has 168 valence electrons. The minimum Gasteiger partial charge on any atom is -0.367 e. The summed E-state index contributed by atoms with van der Waals surface area (Å²) in [6.07, 6.45) is 1.82. The van der Waals surface area contributed by atoms with Crippen LogP contribution in [0.15, 0.2) is 54.7 Å². The second-order valence-electron chi connectivity index (χ2n) is 8.91. The lowest BCUT2D eigenvalue weighted by Gasteiger charge is -2.37. The molecule has 1 aliphatic heterocycles. The zero-order valence-electron chi connectivity index (χ0n) is 19.3. The standard InChI is InChI=1S/C26H31ClN4O/c1-18(2)31(19(3)4)22-8-5-20(6-9-22)26(32)30-15-13-29(14-16-30)25-11-12-28-24-17-21(27)7-10-23(24)25/h5-12,17-19H,13-16H2,1-4H3. The number of nitrogens with zero attached hydrogens (tertiary/aromatic N) is 4. The predicted molar refractivity (Wildman–Crippen MR) is 134 cm³/mol. The molecule has 2 aromatic carbocycles. The second kappa shape index (κ2) is 9.37. The zero-order chi connectivity index (χ0) is 22.8. The van der Waals surface area contributed by atoms with Crippen LogP contribution in [0.5, 0.6) is 0 Å². The van der Waals surface area contributed by atoms with Crippen molar-refractivity contribution in [3.05, 3.63) is 65.3 Å². The van der Waals surface area contributed by atoms with E-state index in [1.807, 2.05) is 47.5 Å². The monoisotopic (exact) mass is 450 g/mol. The molecular weight excluding hydrogens is 420 g/mol. The van der Waals surface area contributed by atoms with Gasteiger partial charge in [0.05, 0.1) is 5.52 Å². The highest BCUT2D eigenvalue weighted by Crippen LogP contribution is 2.28. The number of amides is 1. The molecule has 5 nitrogen and oxygen atoms in total. The molecule has 0 radical (unpaired) electrons. The number of rotatable bonds is 5. The third kappa shape index (κ3) is 4.53. The lowest BCUT2D eigenvalue weighted by molar-refractivity contribution is 0.0747. The Bertz CT molecular complexity index is 1080. The third-order valence-corrected chi connectivity index (χ3v) is 6.35. The first-order chi connectivity index (χ1) is 15.3. The molecule has 6 heteroatoms. The zero-order valence-corrected chi connectivity index (χ0v) is 20.0. The minimum absolute atomic E-state index is 0.100. The van der Waals surface area contributed by atoms with Gasteiger partial charge in [-0.25, -0.2) is 0 Å². The molecule has 1 aromatic heterocycles. The van der Waals surface area contributed by atoms with Gasteiger partial charge in [0, 0.05) is 71.8 Å². The maximum Gasteiger partial charge on any atom is 0.253 e. The Kier molecular flexibility index (Phi) is 6.56. The number of carbonyl (C=O) groups excluding carboxylic acids is 1. The van der Waals surface area contributed by atoms with E-state index in [0.29, 0.717) is 30.2 Å². The van der Waals surface area contributed by atoms with E-state index in [9.17, 15) is 4.79 Å². The van der Waals surface area contributed by atoms with Gasteiger partial charge in [-0.05, 0) is 76.2 Å². The van der Waals surface area contributed by atoms with Crippen LogP contribution in [-0.2, 0) is 0 Å². The number of benzene rings is 2. The van der Waals surface area contributed by atoms with Crippen molar-refractivity contribution >= 4 is 39.8 Å². The molecule has 0 atom stereocenters. The molecule has 0 aliphatic carbocycles. The van der Waals surface area contributed by atoms with Crippen LogP contribution < -0.4 is 9.80 Å². The van der Waals surface area contributed by atoms with Crippen molar-refractivity contribution in [2.75, 3.05) is 36.0 Å². The van der Waals surface area contributed by atoms with Crippen LogP contribution in [0.1, 0.15) is 38.1 Å². The summed E-state index contributed by atoms with van der Waals surface area (Å²) in [4.78, 5) is 24.2. The molecule has 1 amide bonds. The van der Waals surface area contributed by atoms with Gasteiger partial charge in [0.15, 0.2) is 0 Å². The molecule has 0 spiro atoms. The van der Waals surface area contributed by atoms with Crippen LogP contribution in [-0.4, -0.2) is 54.1 Å². The second-order valence-corrected chi connectivity index (χ2v) is 9.35. The third-order valence-electron chi connectivity index (χ3n) is 6.11. The topological polar surface area (TPSA) is 39.7 Å². The molecule has 0 unspecified atom stereocenters. The number of halogens is 1. The Hall–Kier alpha value is -2.79. The van der Waals surface area contributed by atoms with Crippen LogP contribution in [0, 0.1) is 0 Å². The first kappa shape index (κ1) is 22.4. The Balaban J connectivity index is 1.44. The summed E-state index contributed by atoms with van der Waals surface area (Å²) in [7, 11) is 0. The Morgan fingerprint density at radius 1 is 0.938 bits per heavy atom. The average molecular weight is 451 g/mol. The van der Waals surface area contributed by atoms with Crippen molar-refractivity contribution in [2.24, 2.45) is 0 Å². The van der Waals surface area contributed by atoms with Gasteiger partial charge in [0.2, 0.25) is 0 Å². The number of hydrogen-bond donors (Lipinski definition) is 0. The van der Waals surface area contributed by atoms with Crippen molar-refractivity contribution in [3.8, 4) is 0 Å². The largest absolute Gasteiger partial charge is 0.367 e. The van der Waals surface area contributed by atoms with Crippen LogP contribution in [0.4, 0.5) is 11.4 Å². The molecule has 1 fully saturated rings. The van der Waals surface area contributed by atoms with Crippen molar-refractivity contribution in [3.63, 3.8) is 0 Å². The summed E-state index contributed by atoms with van der Waals surface area (Å²) < 4.78 is 0. The maximum atomic E-state index is 13.1. The van der Waals surface area contributed by atoms with Gasteiger partial charge in [0.1, 0.15) is 0 Å². The van der Waals surface area contributed by atoms with E-state index in [2.05, 4.69) is 54.6 Å². The van der Waals surface area contributed by atoms with Crippen LogP contribution in [0.3, 0.4) is 0 Å². The molecule has 2 heterocycles. The molecule has 0 saturated carbocycles. The van der Waals surface area contributed by atoms with Crippen molar-refractivity contribution < 1.29 is 4.79 Å². The molecule has 0 N–H and O–H groups in total. The van der Waals surface area contributed by atoms with Gasteiger partial charge in [0.25, 0.3) is 5.91 Å². The normalized spacial score (nSPS) is 14.5. The summed E-state index contributed by atoms with van der Waals surface area (Å²) in [6.45, 7) is 11.8. The van der Waals surface area contributed by atoms with Crippen molar-refractivity contribution in [2.45, 2.75) is 39.8 Å². The van der Waals surface area contributed by atoms with E-state index in [4.69, 9.17) is 11.6 Å². The fraction of sp³-hybridized carbons (Fsp3) is 0.385. The van der Waals surface area contributed by atoms with E-state index in [1.54, 1.807) is 0 Å². The van der Waals surface area contributed by atoms with E-state index in [0.717, 1.165) is 40.9 Å². The van der Waals surface area contributed by atoms with Gasteiger partial charge >= 0.3 is 0 Å². The first-order valence-electron chi connectivity index (χ1n) is 11.3. The van der Waals surface area contributed by atoms with E-state index in [-0.39, 0.29) is 5.91 Å². The van der Waals surface area contributed by atoms with Crippen LogP contribution in [0.25, 0.3) is 10.9 Å². The van der Waals surface area contributed by atoms with Gasteiger partial charge in [-0.2, -0.15) is 0 Å². The van der Waals surface area contributed by atoms with E-state index >= 15 is 0 Å². The van der Waals surface area contributed by atoms with Gasteiger partial charge in [-0.1, -0.05) is 11.6 Å².